The van der Waals surface area contributed by atoms with Crippen LogP contribution in [0.1, 0.15) is 18.0 Å². The van der Waals surface area contributed by atoms with Crippen LogP contribution in [-0.2, 0) is 19.0 Å². The Labute approximate surface area is 155 Å². The number of carbonyl (C=O) groups excluding carboxylic acids is 2. The van der Waals surface area contributed by atoms with Crippen LogP contribution in [0.5, 0.6) is 0 Å². The molecule has 1 atom stereocenters. The van der Waals surface area contributed by atoms with Crippen LogP contribution in [-0.4, -0.2) is 42.9 Å². The Hall–Kier alpha value is -3.29. The van der Waals surface area contributed by atoms with E-state index >= 15 is 0 Å². The van der Waals surface area contributed by atoms with Crippen molar-refractivity contribution in [1.82, 2.24) is 9.97 Å². The molecule has 1 aromatic heterocycles. The molecule has 2 aromatic rings. The molecule has 1 heterocycles. The summed E-state index contributed by atoms with van der Waals surface area (Å²) in [4.78, 5) is 31.5. The Morgan fingerprint density at radius 3 is 2.41 bits per heavy atom. The van der Waals surface area contributed by atoms with Gasteiger partial charge >= 0.3 is 12.1 Å². The summed E-state index contributed by atoms with van der Waals surface area (Å²) >= 11 is 0. The van der Waals surface area contributed by atoms with Crippen molar-refractivity contribution in [2.45, 2.75) is 12.3 Å². The number of esters is 1. The van der Waals surface area contributed by atoms with Crippen molar-refractivity contribution in [1.29, 1.82) is 0 Å². The summed E-state index contributed by atoms with van der Waals surface area (Å²) in [6.07, 6.45) is 5.78. The number of hydrogen-bond donors (Lipinski definition) is 0. The van der Waals surface area contributed by atoms with E-state index in [1.807, 2.05) is 0 Å². The lowest BCUT2D eigenvalue weighted by atomic mass is 10.0. The number of ether oxygens (including phenoxy) is 3. The fraction of sp³-hybridized carbons (Fsp3) is 0.263. The van der Waals surface area contributed by atoms with Gasteiger partial charge in [-0.05, 0) is 30.7 Å². The third-order valence-corrected chi connectivity index (χ3v) is 3.66. The van der Waals surface area contributed by atoms with E-state index in [0.717, 1.165) is 0 Å². The zero-order valence-corrected chi connectivity index (χ0v) is 14.9. The molecule has 142 valence electrons. The summed E-state index contributed by atoms with van der Waals surface area (Å²) in [6, 6.07) is 5.87. The smallest absolute Gasteiger partial charge is 0.468 e. The molecule has 0 aliphatic heterocycles. The molecule has 0 fully saturated rings. The number of aromatic nitrogens is 2. The predicted molar refractivity (Wildman–Crippen MR) is 94.3 cm³/mol. The molecule has 0 saturated carbocycles. The van der Waals surface area contributed by atoms with Gasteiger partial charge in [0.1, 0.15) is 18.3 Å². The van der Waals surface area contributed by atoms with Gasteiger partial charge in [-0.15, -0.1) is 0 Å². The van der Waals surface area contributed by atoms with E-state index in [9.17, 15) is 14.0 Å². The zero-order valence-electron chi connectivity index (χ0n) is 14.9. The molecular formula is C19H19FN2O5. The number of carbonyl (C=O) groups is 2. The zero-order chi connectivity index (χ0) is 19.6. The van der Waals surface area contributed by atoms with E-state index in [2.05, 4.69) is 14.7 Å². The van der Waals surface area contributed by atoms with Crippen LogP contribution in [0.15, 0.2) is 48.8 Å². The predicted octanol–water partition coefficient (Wildman–Crippen LogP) is 3.27. The maximum Gasteiger partial charge on any atom is 0.508 e. The number of allylic oxidation sites excluding steroid dienone is 1. The first-order valence-electron chi connectivity index (χ1n) is 8.06. The summed E-state index contributed by atoms with van der Waals surface area (Å²) < 4.78 is 26.9. The molecule has 8 heteroatoms. The van der Waals surface area contributed by atoms with Crippen LogP contribution in [0, 0.1) is 5.82 Å². The number of benzene rings is 1. The summed E-state index contributed by atoms with van der Waals surface area (Å²) in [6.45, 7) is 0.0236. The Kier molecular flexibility index (Phi) is 7.42. The van der Waals surface area contributed by atoms with Crippen LogP contribution in [0.3, 0.4) is 0 Å². The number of halogens is 1. The summed E-state index contributed by atoms with van der Waals surface area (Å²) in [5, 5.41) is 0. The van der Waals surface area contributed by atoms with Gasteiger partial charge in [-0.2, -0.15) is 0 Å². The van der Waals surface area contributed by atoms with Gasteiger partial charge in [-0.3, -0.25) is 14.8 Å². The first kappa shape index (κ1) is 20.0. The molecule has 7 nitrogen and oxygen atoms in total. The Morgan fingerprint density at radius 1 is 1.07 bits per heavy atom. The topological polar surface area (TPSA) is 87.6 Å². The van der Waals surface area contributed by atoms with Gasteiger partial charge in [0.25, 0.3) is 0 Å². The highest BCUT2D eigenvalue weighted by atomic mass is 19.1. The van der Waals surface area contributed by atoms with Gasteiger partial charge in [0.05, 0.1) is 31.8 Å². The third-order valence-electron chi connectivity index (χ3n) is 3.66. The van der Waals surface area contributed by atoms with E-state index < -0.39 is 18.0 Å². The molecule has 2 rings (SSSR count). The maximum atomic E-state index is 13.0. The minimum absolute atomic E-state index is 0.0236. The van der Waals surface area contributed by atoms with Gasteiger partial charge in [0.15, 0.2) is 0 Å². The number of nitrogens with zero attached hydrogens (tertiary/aromatic N) is 2. The molecule has 0 aliphatic carbocycles. The average molecular weight is 374 g/mol. The molecular weight excluding hydrogens is 355 g/mol. The lowest BCUT2D eigenvalue weighted by Gasteiger charge is -2.12. The lowest BCUT2D eigenvalue weighted by Crippen LogP contribution is -2.15. The summed E-state index contributed by atoms with van der Waals surface area (Å²) in [7, 11) is 2.51. The molecule has 0 N–H and O–H groups in total. The van der Waals surface area contributed by atoms with Gasteiger partial charge in [0.2, 0.25) is 0 Å². The first-order valence-corrected chi connectivity index (χ1v) is 8.06. The van der Waals surface area contributed by atoms with Crippen molar-refractivity contribution in [2.75, 3.05) is 20.8 Å². The molecule has 0 bridgehead atoms. The number of methoxy groups -OCH3 is 2. The van der Waals surface area contributed by atoms with Crippen molar-refractivity contribution in [2.24, 2.45) is 0 Å². The van der Waals surface area contributed by atoms with Crippen molar-refractivity contribution in [3.05, 3.63) is 60.3 Å². The quantitative estimate of drug-likeness (QED) is 0.543. The Morgan fingerprint density at radius 2 is 1.81 bits per heavy atom. The minimum atomic E-state index is -0.786. The third kappa shape index (κ3) is 5.88. The Bertz CT molecular complexity index is 791. The molecule has 0 amide bonds. The fourth-order valence-electron chi connectivity index (χ4n) is 2.24. The van der Waals surface area contributed by atoms with E-state index in [0.29, 0.717) is 23.4 Å². The molecule has 0 aliphatic rings. The molecule has 27 heavy (non-hydrogen) atoms. The van der Waals surface area contributed by atoms with Crippen LogP contribution < -0.4 is 0 Å². The van der Waals surface area contributed by atoms with Crippen LogP contribution >= 0.6 is 0 Å². The SMILES string of the molecule is COC(=O)OC/C=C/CC(C(=O)OC)c1cnc(-c2ccc(F)cc2)cn1. The summed E-state index contributed by atoms with van der Waals surface area (Å²) in [5.41, 5.74) is 1.71. The number of rotatable bonds is 7. The van der Waals surface area contributed by atoms with Crippen molar-refractivity contribution in [3.8, 4) is 11.3 Å². The van der Waals surface area contributed by atoms with Gasteiger partial charge in [-0.25, -0.2) is 9.18 Å². The molecule has 1 aromatic carbocycles. The second-order valence-corrected chi connectivity index (χ2v) is 5.38. The van der Waals surface area contributed by atoms with Crippen LogP contribution in [0.25, 0.3) is 11.3 Å². The molecule has 0 radical (unpaired) electrons. The monoisotopic (exact) mass is 374 g/mol. The second kappa shape index (κ2) is 10.0. The van der Waals surface area contributed by atoms with E-state index in [1.165, 1.54) is 38.7 Å². The van der Waals surface area contributed by atoms with Crippen molar-refractivity contribution < 1.29 is 28.2 Å². The van der Waals surface area contributed by atoms with Gasteiger partial charge in [-0.1, -0.05) is 12.2 Å². The molecule has 0 saturated heterocycles. The fourth-order valence-corrected chi connectivity index (χ4v) is 2.24. The standard InChI is InChI=1S/C19H19FN2O5/c1-25-18(23)15(5-3-4-10-27-19(24)26-2)17-12-21-16(11-22-17)13-6-8-14(20)9-7-13/h3-4,6-9,11-12,15H,5,10H2,1-2H3/b4-3+. The lowest BCUT2D eigenvalue weighted by molar-refractivity contribution is -0.142. The normalized spacial score (nSPS) is 11.8. The van der Waals surface area contributed by atoms with Gasteiger partial charge < -0.3 is 14.2 Å². The molecule has 1 unspecified atom stereocenters. The van der Waals surface area contributed by atoms with E-state index in [1.54, 1.807) is 24.3 Å². The van der Waals surface area contributed by atoms with E-state index in [4.69, 9.17) is 9.47 Å². The van der Waals surface area contributed by atoms with Crippen LogP contribution in [0.2, 0.25) is 0 Å². The number of hydrogen-bond acceptors (Lipinski definition) is 7. The average Bonchev–Trinajstić information content (AvgIpc) is 2.70. The minimum Gasteiger partial charge on any atom is -0.468 e. The second-order valence-electron chi connectivity index (χ2n) is 5.38. The largest absolute Gasteiger partial charge is 0.508 e. The maximum absolute atomic E-state index is 13.0. The highest BCUT2D eigenvalue weighted by Crippen LogP contribution is 2.22. The Balaban J connectivity index is 2.07. The van der Waals surface area contributed by atoms with Crippen molar-refractivity contribution in [3.63, 3.8) is 0 Å². The highest BCUT2D eigenvalue weighted by Gasteiger charge is 2.22. The van der Waals surface area contributed by atoms with Crippen molar-refractivity contribution >= 4 is 12.1 Å². The van der Waals surface area contributed by atoms with E-state index in [-0.39, 0.29) is 12.4 Å². The molecule has 0 spiro atoms. The van der Waals surface area contributed by atoms with Crippen LogP contribution in [0.4, 0.5) is 9.18 Å². The first-order chi connectivity index (χ1) is 13.0. The van der Waals surface area contributed by atoms with Gasteiger partial charge in [0, 0.05) is 11.8 Å². The summed E-state index contributed by atoms with van der Waals surface area (Å²) in [5.74, 6) is -1.45. The highest BCUT2D eigenvalue weighted by molar-refractivity contribution is 5.77.